The first-order valence-corrected chi connectivity index (χ1v) is 18.8. The number of rotatable bonds is 5. The molecule has 0 saturated heterocycles. The van der Waals surface area contributed by atoms with Gasteiger partial charge in [-0.05, 0) is 153 Å². The topological polar surface area (TPSA) is 62.2 Å². The highest BCUT2D eigenvalue weighted by atomic mass is 32.1. The number of nitrogens with one attached hydrogen (secondary N) is 1. The van der Waals surface area contributed by atoms with Gasteiger partial charge in [0.1, 0.15) is 0 Å². The summed E-state index contributed by atoms with van der Waals surface area (Å²) in [6.45, 7) is 24.3. The fraction of sp³-hybridized carbons (Fsp3) is 0.659. The number of aromatic nitrogens is 1. The van der Waals surface area contributed by atoms with Crippen molar-refractivity contribution >= 4 is 28.0 Å². The van der Waals surface area contributed by atoms with Crippen LogP contribution in [-0.2, 0) is 0 Å². The summed E-state index contributed by atoms with van der Waals surface area (Å²) in [5, 5.41) is 14.8. The van der Waals surface area contributed by atoms with Crippen molar-refractivity contribution in [1.29, 1.82) is 0 Å². The van der Waals surface area contributed by atoms with Crippen LogP contribution in [0, 0.1) is 65.1 Å². The number of nitrogens with zero attached hydrogens (tertiary/aromatic N) is 1. The summed E-state index contributed by atoms with van der Waals surface area (Å²) in [5.74, 6) is 2.33. The molecule has 2 N–H and O–H groups in total. The number of carbonyl (C=O) groups is 1. The van der Waals surface area contributed by atoms with Gasteiger partial charge < -0.3 is 10.4 Å². The van der Waals surface area contributed by atoms with E-state index in [-0.39, 0.29) is 16.4 Å². The summed E-state index contributed by atoms with van der Waals surface area (Å²) in [7, 11) is 0. The molecule has 4 nitrogen and oxygen atoms in total. The Balaban J connectivity index is 1.23. The summed E-state index contributed by atoms with van der Waals surface area (Å²) < 4.78 is 0. The molecule has 2 aromatic rings. The zero-order valence-electron chi connectivity index (χ0n) is 29.6. The van der Waals surface area contributed by atoms with Crippen molar-refractivity contribution in [2.45, 2.75) is 119 Å². The third kappa shape index (κ3) is 4.35. The van der Waals surface area contributed by atoms with Gasteiger partial charge in [0.05, 0.1) is 11.3 Å². The average Bonchev–Trinajstić information content (AvgIpc) is 3.52. The van der Waals surface area contributed by atoms with Crippen LogP contribution < -0.4 is 5.32 Å². The highest BCUT2D eigenvalue weighted by Crippen LogP contribution is 2.77. The lowest BCUT2D eigenvalue weighted by Gasteiger charge is -2.72. The van der Waals surface area contributed by atoms with Crippen LogP contribution in [0.15, 0.2) is 42.5 Å². The average molecular weight is 641 g/mol. The molecule has 0 bridgehead atoms. The highest BCUT2D eigenvalue weighted by Gasteiger charge is 2.70. The summed E-state index contributed by atoms with van der Waals surface area (Å²) in [6.07, 6.45) is 13.9. The molecule has 248 valence electrons. The van der Waals surface area contributed by atoms with E-state index < -0.39 is 5.97 Å². The van der Waals surface area contributed by atoms with Crippen LogP contribution in [0.2, 0.25) is 0 Å². The van der Waals surface area contributed by atoms with Crippen LogP contribution in [0.1, 0.15) is 126 Å². The Hall–Kier alpha value is -2.40. The Morgan fingerprint density at radius 3 is 2.28 bits per heavy atom. The molecule has 5 aliphatic rings. The molecule has 4 fully saturated rings. The van der Waals surface area contributed by atoms with Crippen LogP contribution >= 0.6 is 11.3 Å². The molecule has 5 heteroatoms. The van der Waals surface area contributed by atoms with Crippen molar-refractivity contribution in [2.24, 2.45) is 51.2 Å². The minimum atomic E-state index is -0.858. The maximum Gasteiger partial charge on any atom is 0.335 e. The molecule has 1 heterocycles. The minimum Gasteiger partial charge on any atom is -0.478 e. The number of allylic oxidation sites excluding steroid dienone is 3. The molecule has 1 aromatic carbocycles. The van der Waals surface area contributed by atoms with E-state index in [1.807, 2.05) is 23.5 Å². The molecule has 7 rings (SSSR count). The standard InChI is InChI=1S/C41H56N2O2S/c1-24(2)29-16-21-41(43-36-42-25(3)26(4)46-36)23-22-39(8)31(34(29)41)14-15-33-38(7)19-17-30(27-10-12-28(13-11-27)35(44)45)37(5,6)32(38)18-20-40(33,39)9/h10-13,17,29,31-34H,1,14-16,18-23H2,2-9H3,(H,42,43)(H,44,45)/t29-,31+,32?,33?,34?,38-,39+,40+,41-/m0/s1. The lowest BCUT2D eigenvalue weighted by molar-refractivity contribution is -0.216. The number of carboxylic acids is 1. The molecule has 0 aliphatic heterocycles. The van der Waals surface area contributed by atoms with E-state index in [0.29, 0.717) is 46.0 Å². The number of anilines is 1. The molecule has 0 spiro atoms. The van der Waals surface area contributed by atoms with E-state index in [9.17, 15) is 9.90 Å². The number of thiazole rings is 1. The number of fused-ring (bicyclic) bond motifs is 7. The zero-order valence-corrected chi connectivity index (χ0v) is 30.4. The quantitative estimate of drug-likeness (QED) is 0.319. The molecular weight excluding hydrogens is 585 g/mol. The monoisotopic (exact) mass is 640 g/mol. The van der Waals surface area contributed by atoms with E-state index in [2.05, 4.69) is 73.4 Å². The van der Waals surface area contributed by atoms with Crippen molar-refractivity contribution in [3.05, 3.63) is 64.2 Å². The van der Waals surface area contributed by atoms with Crippen LogP contribution in [0.3, 0.4) is 0 Å². The lowest BCUT2D eigenvalue weighted by atomic mass is 9.33. The van der Waals surface area contributed by atoms with Crippen molar-refractivity contribution in [1.82, 2.24) is 4.98 Å². The maximum absolute atomic E-state index is 11.5. The van der Waals surface area contributed by atoms with Gasteiger partial charge in [-0.15, -0.1) is 11.3 Å². The number of carboxylic acid groups (broad SMARTS) is 1. The maximum atomic E-state index is 11.5. The SMILES string of the molecule is C=C(C)[C@@H]1CC[C@]2(Nc3nc(C)c(C)s3)CC[C@]3(C)[C@H](CCC4[C@@]5(C)CC=C(c6ccc(C(=O)O)cc6)C(C)(C)C5CC[C@]43C)C12. The molecule has 46 heavy (non-hydrogen) atoms. The predicted octanol–water partition coefficient (Wildman–Crippen LogP) is 11.0. The Morgan fingerprint density at radius 1 is 0.935 bits per heavy atom. The van der Waals surface area contributed by atoms with E-state index in [0.717, 1.165) is 11.6 Å². The van der Waals surface area contributed by atoms with E-state index in [1.165, 1.54) is 78.6 Å². The number of hydrogen-bond donors (Lipinski definition) is 2. The fourth-order valence-electron chi connectivity index (χ4n) is 13.0. The summed E-state index contributed by atoms with van der Waals surface area (Å²) in [4.78, 5) is 17.9. The van der Waals surface area contributed by atoms with Gasteiger partial charge in [-0.2, -0.15) is 0 Å². The van der Waals surface area contributed by atoms with E-state index >= 15 is 0 Å². The normalized spacial score (nSPS) is 41.0. The van der Waals surface area contributed by atoms with Crippen LogP contribution in [-0.4, -0.2) is 21.6 Å². The van der Waals surface area contributed by atoms with Gasteiger partial charge in [-0.1, -0.05) is 65.0 Å². The summed E-state index contributed by atoms with van der Waals surface area (Å²) in [5.41, 5.74) is 6.51. The summed E-state index contributed by atoms with van der Waals surface area (Å²) in [6, 6.07) is 7.63. The molecule has 5 aliphatic carbocycles. The van der Waals surface area contributed by atoms with Crippen molar-refractivity contribution < 1.29 is 9.90 Å². The second kappa shape index (κ2) is 10.5. The number of aryl methyl sites for hydroxylation is 2. The van der Waals surface area contributed by atoms with Gasteiger partial charge in [0, 0.05) is 10.4 Å². The first-order valence-electron chi connectivity index (χ1n) is 18.0. The van der Waals surface area contributed by atoms with Crippen LogP contribution in [0.4, 0.5) is 5.13 Å². The number of benzene rings is 1. The van der Waals surface area contributed by atoms with Gasteiger partial charge in [-0.3, -0.25) is 0 Å². The first-order chi connectivity index (χ1) is 21.6. The third-order valence-electron chi connectivity index (χ3n) is 15.5. The number of aromatic carboxylic acids is 1. The third-order valence-corrected chi connectivity index (χ3v) is 16.5. The second-order valence-electron chi connectivity index (χ2n) is 17.6. The lowest BCUT2D eigenvalue weighted by Crippen LogP contribution is -2.67. The molecule has 1 aromatic heterocycles. The first kappa shape index (κ1) is 32.2. The van der Waals surface area contributed by atoms with E-state index in [4.69, 9.17) is 4.98 Å². The smallest absolute Gasteiger partial charge is 0.335 e. The Kier molecular flexibility index (Phi) is 7.38. The van der Waals surface area contributed by atoms with Crippen molar-refractivity contribution in [2.75, 3.05) is 5.32 Å². The van der Waals surface area contributed by atoms with Gasteiger partial charge in [-0.25, -0.2) is 9.78 Å². The largest absolute Gasteiger partial charge is 0.478 e. The van der Waals surface area contributed by atoms with Gasteiger partial charge in [0.15, 0.2) is 5.13 Å². The van der Waals surface area contributed by atoms with Crippen molar-refractivity contribution in [3.63, 3.8) is 0 Å². The molecular formula is C41H56N2O2S. The molecule has 3 unspecified atom stereocenters. The van der Waals surface area contributed by atoms with Crippen LogP contribution in [0.25, 0.3) is 5.57 Å². The predicted molar refractivity (Wildman–Crippen MR) is 191 cm³/mol. The number of hydrogen-bond acceptors (Lipinski definition) is 4. The van der Waals surface area contributed by atoms with E-state index in [1.54, 1.807) is 12.1 Å². The molecule has 9 atom stereocenters. The molecule has 0 radical (unpaired) electrons. The van der Waals surface area contributed by atoms with Crippen LogP contribution in [0.5, 0.6) is 0 Å². The zero-order chi connectivity index (χ0) is 33.0. The molecule has 4 saturated carbocycles. The molecule has 0 amide bonds. The van der Waals surface area contributed by atoms with Crippen molar-refractivity contribution in [3.8, 4) is 0 Å². The second-order valence-corrected chi connectivity index (χ2v) is 18.8. The van der Waals surface area contributed by atoms with Gasteiger partial charge in [0.2, 0.25) is 0 Å². The Morgan fingerprint density at radius 2 is 1.65 bits per heavy atom. The highest BCUT2D eigenvalue weighted by molar-refractivity contribution is 7.15. The fourth-order valence-corrected chi connectivity index (χ4v) is 13.9. The van der Waals surface area contributed by atoms with Gasteiger partial charge in [0.25, 0.3) is 0 Å². The Bertz CT molecular complexity index is 1580. The van der Waals surface area contributed by atoms with Gasteiger partial charge >= 0.3 is 5.97 Å². The Labute approximate surface area is 281 Å². The summed E-state index contributed by atoms with van der Waals surface area (Å²) >= 11 is 1.84. The minimum absolute atomic E-state index is 0.0307.